The molecule has 1 aliphatic carbocycles. The van der Waals surface area contributed by atoms with Crippen LogP contribution < -0.4 is 10.1 Å². The maximum atomic E-state index is 13.2. The summed E-state index contributed by atoms with van der Waals surface area (Å²) < 4.78 is 31.4. The molecule has 2 aromatic rings. The molecule has 1 amide bonds. The minimum Gasteiger partial charge on any atom is -0.481 e. The number of benzene rings is 1. The van der Waals surface area contributed by atoms with Crippen molar-refractivity contribution in [1.82, 2.24) is 4.98 Å². The Morgan fingerprint density at radius 3 is 2.83 bits per heavy atom. The van der Waals surface area contributed by atoms with Crippen molar-refractivity contribution in [3.63, 3.8) is 0 Å². The third kappa shape index (κ3) is 3.90. The van der Waals surface area contributed by atoms with Gasteiger partial charge >= 0.3 is 0 Å². The Balaban J connectivity index is 1.62. The van der Waals surface area contributed by atoms with Gasteiger partial charge in [-0.2, -0.15) is 0 Å². The van der Waals surface area contributed by atoms with Crippen LogP contribution in [0.1, 0.15) is 36.8 Å². The number of fused-ring (bicyclic) bond motifs is 1. The first-order valence-corrected chi connectivity index (χ1v) is 8.76. The normalized spacial score (nSPS) is 15.3. The molecule has 1 atom stereocenters. The number of nitrogens with zero attached hydrogens (tertiary/aromatic N) is 1. The summed E-state index contributed by atoms with van der Waals surface area (Å²) in [5, 5.41) is 3.30. The first kappa shape index (κ1) is 16.8. The molecular weight excluding hydrogens is 334 g/mol. The van der Waals surface area contributed by atoms with Gasteiger partial charge in [-0.3, -0.25) is 10.1 Å². The average molecular weight is 352 g/mol. The van der Waals surface area contributed by atoms with Crippen molar-refractivity contribution in [2.75, 3.05) is 5.32 Å². The molecule has 1 aromatic heterocycles. The van der Waals surface area contributed by atoms with E-state index >= 15 is 0 Å². The fraction of sp³-hybridized carbons (Fsp3) is 0.412. The van der Waals surface area contributed by atoms with Crippen LogP contribution in [-0.4, -0.2) is 17.0 Å². The molecule has 0 aliphatic heterocycles. The summed E-state index contributed by atoms with van der Waals surface area (Å²) in [6, 6.07) is 3.17. The zero-order valence-electron chi connectivity index (χ0n) is 13.3. The van der Waals surface area contributed by atoms with E-state index in [-0.39, 0.29) is 11.7 Å². The minimum absolute atomic E-state index is 0.103. The smallest absolute Gasteiger partial charge is 0.266 e. The molecule has 0 saturated heterocycles. The number of amides is 1. The standard InChI is InChI=1S/C17H18F2N2O2S/c1-10(23-11-7-8-12(18)13(19)9-11)16(22)21-17-20-14-5-3-2-4-6-15(14)24-17/h7-10H,2-6H2,1H3,(H,20,21,22). The highest BCUT2D eigenvalue weighted by molar-refractivity contribution is 7.15. The lowest BCUT2D eigenvalue weighted by Crippen LogP contribution is -2.30. The molecule has 128 valence electrons. The first-order valence-electron chi connectivity index (χ1n) is 7.94. The van der Waals surface area contributed by atoms with E-state index in [1.807, 2.05) is 0 Å². The molecule has 1 N–H and O–H groups in total. The molecule has 0 saturated carbocycles. The van der Waals surface area contributed by atoms with Gasteiger partial charge in [0.15, 0.2) is 22.9 Å². The van der Waals surface area contributed by atoms with Crippen LogP contribution in [0.25, 0.3) is 0 Å². The monoisotopic (exact) mass is 352 g/mol. The Hall–Kier alpha value is -2.02. The highest BCUT2D eigenvalue weighted by Crippen LogP contribution is 2.29. The van der Waals surface area contributed by atoms with Gasteiger partial charge in [0.2, 0.25) is 0 Å². The van der Waals surface area contributed by atoms with Gasteiger partial charge in [0.25, 0.3) is 5.91 Å². The van der Waals surface area contributed by atoms with E-state index in [0.29, 0.717) is 5.13 Å². The molecular formula is C17H18F2N2O2S. The van der Waals surface area contributed by atoms with Gasteiger partial charge in [0.1, 0.15) is 5.75 Å². The predicted octanol–water partition coefficient (Wildman–Crippen LogP) is 4.10. The summed E-state index contributed by atoms with van der Waals surface area (Å²) in [5.41, 5.74) is 1.07. The van der Waals surface area contributed by atoms with Crippen LogP contribution in [0.5, 0.6) is 5.75 Å². The van der Waals surface area contributed by atoms with Crippen molar-refractivity contribution < 1.29 is 18.3 Å². The van der Waals surface area contributed by atoms with Gasteiger partial charge in [-0.05, 0) is 44.7 Å². The van der Waals surface area contributed by atoms with Gasteiger partial charge in [0, 0.05) is 10.9 Å². The quantitative estimate of drug-likeness (QED) is 0.843. The van der Waals surface area contributed by atoms with Crippen LogP contribution in [0.3, 0.4) is 0 Å². The van der Waals surface area contributed by atoms with Crippen molar-refractivity contribution >= 4 is 22.4 Å². The van der Waals surface area contributed by atoms with Gasteiger partial charge in [-0.25, -0.2) is 13.8 Å². The number of thiazole rings is 1. The summed E-state index contributed by atoms with van der Waals surface area (Å²) in [7, 11) is 0. The Kier molecular flexibility index (Phi) is 5.08. The molecule has 1 aromatic carbocycles. The summed E-state index contributed by atoms with van der Waals surface area (Å²) in [6.07, 6.45) is 4.59. The molecule has 3 rings (SSSR count). The van der Waals surface area contributed by atoms with E-state index < -0.39 is 17.7 Å². The van der Waals surface area contributed by atoms with Crippen LogP contribution in [-0.2, 0) is 17.6 Å². The van der Waals surface area contributed by atoms with E-state index in [1.54, 1.807) is 6.92 Å². The maximum absolute atomic E-state index is 13.2. The van der Waals surface area contributed by atoms with Crippen molar-refractivity contribution in [3.8, 4) is 5.75 Å². The Labute approximate surface area is 142 Å². The van der Waals surface area contributed by atoms with Gasteiger partial charge < -0.3 is 4.74 Å². The second-order valence-electron chi connectivity index (χ2n) is 5.77. The summed E-state index contributed by atoms with van der Waals surface area (Å²) in [5.74, 6) is -2.23. The number of rotatable bonds is 4. The highest BCUT2D eigenvalue weighted by Gasteiger charge is 2.19. The van der Waals surface area contributed by atoms with Crippen molar-refractivity contribution in [2.45, 2.75) is 45.1 Å². The molecule has 4 nitrogen and oxygen atoms in total. The molecule has 0 bridgehead atoms. The lowest BCUT2D eigenvalue weighted by atomic mass is 10.2. The van der Waals surface area contributed by atoms with Gasteiger partial charge in [-0.15, -0.1) is 11.3 Å². The molecule has 0 radical (unpaired) electrons. The van der Waals surface area contributed by atoms with Gasteiger partial charge in [-0.1, -0.05) is 6.42 Å². The number of nitrogens with one attached hydrogen (secondary N) is 1. The maximum Gasteiger partial charge on any atom is 0.266 e. The largest absolute Gasteiger partial charge is 0.481 e. The Bertz CT molecular complexity index is 725. The van der Waals surface area contributed by atoms with Crippen molar-refractivity contribution in [3.05, 3.63) is 40.4 Å². The predicted molar refractivity (Wildman–Crippen MR) is 88.5 cm³/mol. The number of carbonyl (C=O) groups is 1. The number of aromatic nitrogens is 1. The van der Waals surface area contributed by atoms with E-state index in [9.17, 15) is 13.6 Å². The van der Waals surface area contributed by atoms with E-state index in [4.69, 9.17) is 4.74 Å². The Morgan fingerprint density at radius 1 is 1.25 bits per heavy atom. The van der Waals surface area contributed by atoms with Crippen LogP contribution in [0, 0.1) is 11.6 Å². The third-order valence-electron chi connectivity index (χ3n) is 3.90. The molecule has 1 aliphatic rings. The summed E-state index contributed by atoms with van der Waals surface area (Å²) in [4.78, 5) is 17.9. The summed E-state index contributed by atoms with van der Waals surface area (Å²) in [6.45, 7) is 1.55. The number of ether oxygens (including phenoxy) is 1. The highest BCUT2D eigenvalue weighted by atomic mass is 32.1. The Morgan fingerprint density at radius 2 is 2.04 bits per heavy atom. The molecule has 0 spiro atoms. The number of halogens is 2. The molecule has 7 heteroatoms. The van der Waals surface area contributed by atoms with E-state index in [0.717, 1.165) is 43.5 Å². The van der Waals surface area contributed by atoms with E-state index in [1.165, 1.54) is 28.7 Å². The lowest BCUT2D eigenvalue weighted by molar-refractivity contribution is -0.122. The fourth-order valence-electron chi connectivity index (χ4n) is 2.60. The SMILES string of the molecule is CC(Oc1ccc(F)c(F)c1)C(=O)Nc1nc2c(s1)CCCCC2. The lowest BCUT2D eigenvalue weighted by Gasteiger charge is -2.13. The number of carbonyl (C=O) groups excluding carboxylic acids is 1. The first-order chi connectivity index (χ1) is 11.5. The number of hydrogen-bond donors (Lipinski definition) is 1. The van der Waals surface area contributed by atoms with Crippen molar-refractivity contribution in [1.29, 1.82) is 0 Å². The topological polar surface area (TPSA) is 51.2 Å². The number of aryl methyl sites for hydroxylation is 2. The third-order valence-corrected chi connectivity index (χ3v) is 4.97. The van der Waals surface area contributed by atoms with Crippen LogP contribution >= 0.6 is 11.3 Å². The van der Waals surface area contributed by atoms with Crippen LogP contribution in [0.4, 0.5) is 13.9 Å². The second kappa shape index (κ2) is 7.25. The van der Waals surface area contributed by atoms with Crippen LogP contribution in [0.15, 0.2) is 18.2 Å². The van der Waals surface area contributed by atoms with Gasteiger partial charge in [0.05, 0.1) is 5.69 Å². The van der Waals surface area contributed by atoms with Crippen molar-refractivity contribution in [2.24, 2.45) is 0 Å². The number of hydrogen-bond acceptors (Lipinski definition) is 4. The second-order valence-corrected chi connectivity index (χ2v) is 6.86. The molecule has 1 unspecified atom stereocenters. The minimum atomic E-state index is -1.01. The zero-order valence-corrected chi connectivity index (χ0v) is 14.1. The zero-order chi connectivity index (χ0) is 17.1. The average Bonchev–Trinajstić information content (AvgIpc) is 2.79. The molecule has 1 heterocycles. The number of anilines is 1. The van der Waals surface area contributed by atoms with Crippen LogP contribution in [0.2, 0.25) is 0 Å². The molecule has 24 heavy (non-hydrogen) atoms. The molecule has 0 fully saturated rings. The fourth-order valence-corrected chi connectivity index (χ4v) is 3.65. The van der Waals surface area contributed by atoms with E-state index in [2.05, 4.69) is 10.3 Å². The summed E-state index contributed by atoms with van der Waals surface area (Å²) >= 11 is 1.50.